The first-order chi connectivity index (χ1) is 8.61. The van der Waals surface area contributed by atoms with Crippen LogP contribution in [0, 0.1) is 11.7 Å². The number of hydrogen-bond donors (Lipinski definition) is 1. The zero-order valence-electron chi connectivity index (χ0n) is 10.6. The Morgan fingerprint density at radius 2 is 2.39 bits per heavy atom. The summed E-state index contributed by atoms with van der Waals surface area (Å²) < 4.78 is 13.1. The highest BCUT2D eigenvalue weighted by Gasteiger charge is 2.28. The van der Waals surface area contributed by atoms with Crippen LogP contribution in [0.1, 0.15) is 24.8 Å². The van der Waals surface area contributed by atoms with Gasteiger partial charge >= 0.3 is 0 Å². The lowest BCUT2D eigenvalue weighted by atomic mass is 10.00. The maximum Gasteiger partial charge on any atom is 0.229 e. The topological polar surface area (TPSA) is 46.3 Å². The Labute approximate surface area is 107 Å². The van der Waals surface area contributed by atoms with E-state index in [0.717, 1.165) is 25.1 Å². The van der Waals surface area contributed by atoms with Crippen molar-refractivity contribution in [3.63, 3.8) is 0 Å². The molecule has 1 saturated heterocycles. The lowest BCUT2D eigenvalue weighted by Gasteiger charge is -2.21. The lowest BCUT2D eigenvalue weighted by Crippen LogP contribution is -2.33. The molecule has 0 radical (unpaired) electrons. The molecule has 0 saturated carbocycles. The van der Waals surface area contributed by atoms with Gasteiger partial charge in [0, 0.05) is 13.1 Å². The van der Waals surface area contributed by atoms with Crippen LogP contribution >= 0.6 is 0 Å². The van der Waals surface area contributed by atoms with Gasteiger partial charge < -0.3 is 10.6 Å². The van der Waals surface area contributed by atoms with Gasteiger partial charge in [-0.2, -0.15) is 0 Å². The fourth-order valence-corrected chi connectivity index (χ4v) is 2.42. The van der Waals surface area contributed by atoms with Crippen LogP contribution < -0.4 is 5.73 Å². The zero-order chi connectivity index (χ0) is 13.1. The third-order valence-electron chi connectivity index (χ3n) is 3.65. The molecule has 0 aromatic heterocycles. The molecular formula is C14H19FN2O. The van der Waals surface area contributed by atoms with Crippen LogP contribution in [-0.4, -0.2) is 30.4 Å². The third-order valence-corrected chi connectivity index (χ3v) is 3.65. The van der Waals surface area contributed by atoms with E-state index < -0.39 is 0 Å². The van der Waals surface area contributed by atoms with E-state index >= 15 is 0 Å². The molecule has 18 heavy (non-hydrogen) atoms. The SMILES string of the molecule is CC(C(=O)N1CCC(CN)C1)c1cccc(F)c1. The molecule has 1 heterocycles. The summed E-state index contributed by atoms with van der Waals surface area (Å²) in [5.41, 5.74) is 6.35. The number of nitrogens with two attached hydrogens (primary N) is 1. The van der Waals surface area contributed by atoms with Gasteiger partial charge in [-0.3, -0.25) is 4.79 Å². The Hall–Kier alpha value is -1.42. The van der Waals surface area contributed by atoms with E-state index in [9.17, 15) is 9.18 Å². The summed E-state index contributed by atoms with van der Waals surface area (Å²) in [6.45, 7) is 3.94. The maximum atomic E-state index is 13.1. The molecule has 1 aromatic carbocycles. The first-order valence-corrected chi connectivity index (χ1v) is 6.36. The van der Waals surface area contributed by atoms with Crippen molar-refractivity contribution in [2.24, 2.45) is 11.7 Å². The Balaban J connectivity index is 2.05. The molecule has 2 N–H and O–H groups in total. The minimum absolute atomic E-state index is 0.0663. The van der Waals surface area contributed by atoms with Gasteiger partial charge in [-0.25, -0.2) is 4.39 Å². The predicted molar refractivity (Wildman–Crippen MR) is 68.6 cm³/mol. The van der Waals surface area contributed by atoms with Crippen molar-refractivity contribution < 1.29 is 9.18 Å². The maximum absolute atomic E-state index is 13.1. The fraction of sp³-hybridized carbons (Fsp3) is 0.500. The van der Waals surface area contributed by atoms with Crippen molar-refractivity contribution in [1.82, 2.24) is 4.90 Å². The second kappa shape index (κ2) is 5.48. The van der Waals surface area contributed by atoms with Gasteiger partial charge in [-0.1, -0.05) is 12.1 Å². The molecule has 0 aliphatic carbocycles. The van der Waals surface area contributed by atoms with Crippen LogP contribution in [0.4, 0.5) is 4.39 Å². The van der Waals surface area contributed by atoms with Gasteiger partial charge in [-0.05, 0) is 43.5 Å². The highest BCUT2D eigenvalue weighted by molar-refractivity contribution is 5.83. The van der Waals surface area contributed by atoms with Crippen molar-refractivity contribution in [3.05, 3.63) is 35.6 Å². The first-order valence-electron chi connectivity index (χ1n) is 6.36. The predicted octanol–water partition coefficient (Wildman–Crippen LogP) is 1.74. The quantitative estimate of drug-likeness (QED) is 0.888. The molecule has 2 rings (SSSR count). The zero-order valence-corrected chi connectivity index (χ0v) is 10.6. The van der Waals surface area contributed by atoms with E-state index in [1.165, 1.54) is 12.1 Å². The number of halogens is 1. The van der Waals surface area contributed by atoms with Crippen LogP contribution in [0.3, 0.4) is 0 Å². The van der Waals surface area contributed by atoms with Gasteiger partial charge in [0.2, 0.25) is 5.91 Å². The van der Waals surface area contributed by atoms with E-state index in [1.807, 2.05) is 11.8 Å². The molecule has 2 unspecified atom stereocenters. The molecule has 1 aliphatic heterocycles. The monoisotopic (exact) mass is 250 g/mol. The summed E-state index contributed by atoms with van der Waals surface area (Å²) in [6, 6.07) is 6.25. The van der Waals surface area contributed by atoms with Gasteiger partial charge in [0.1, 0.15) is 5.82 Å². The minimum atomic E-state index is -0.298. The molecule has 2 atom stereocenters. The first kappa shape index (κ1) is 13.0. The van der Waals surface area contributed by atoms with Crippen LogP contribution in [-0.2, 0) is 4.79 Å². The minimum Gasteiger partial charge on any atom is -0.342 e. The Bertz CT molecular complexity index is 436. The van der Waals surface area contributed by atoms with Gasteiger partial charge in [0.05, 0.1) is 5.92 Å². The molecule has 1 amide bonds. The molecule has 0 bridgehead atoms. The van der Waals surface area contributed by atoms with E-state index in [-0.39, 0.29) is 17.6 Å². The Morgan fingerprint density at radius 3 is 3.00 bits per heavy atom. The van der Waals surface area contributed by atoms with Gasteiger partial charge in [-0.15, -0.1) is 0 Å². The Morgan fingerprint density at radius 1 is 1.61 bits per heavy atom. The standard InChI is InChI=1S/C14H19FN2O/c1-10(12-3-2-4-13(15)7-12)14(18)17-6-5-11(8-16)9-17/h2-4,7,10-11H,5-6,8-9,16H2,1H3. The number of rotatable bonds is 3. The second-order valence-electron chi connectivity index (χ2n) is 4.95. The van der Waals surface area contributed by atoms with Crippen molar-refractivity contribution in [2.75, 3.05) is 19.6 Å². The van der Waals surface area contributed by atoms with Crippen molar-refractivity contribution in [2.45, 2.75) is 19.3 Å². The average molecular weight is 250 g/mol. The summed E-state index contributed by atoms with van der Waals surface area (Å²) in [6.07, 6.45) is 0.970. The molecule has 98 valence electrons. The molecule has 1 aliphatic rings. The largest absolute Gasteiger partial charge is 0.342 e. The number of likely N-dealkylation sites (tertiary alicyclic amines) is 1. The number of hydrogen-bond acceptors (Lipinski definition) is 2. The highest BCUT2D eigenvalue weighted by Crippen LogP contribution is 2.23. The van der Waals surface area contributed by atoms with Crippen LogP contribution in [0.5, 0.6) is 0 Å². The van der Waals surface area contributed by atoms with Crippen LogP contribution in [0.2, 0.25) is 0 Å². The normalized spacial score (nSPS) is 21.1. The van der Waals surface area contributed by atoms with Crippen molar-refractivity contribution >= 4 is 5.91 Å². The van der Waals surface area contributed by atoms with E-state index in [0.29, 0.717) is 12.5 Å². The molecule has 1 fully saturated rings. The molecule has 4 heteroatoms. The second-order valence-corrected chi connectivity index (χ2v) is 4.95. The van der Waals surface area contributed by atoms with E-state index in [1.54, 1.807) is 12.1 Å². The molecular weight excluding hydrogens is 231 g/mol. The molecule has 3 nitrogen and oxygen atoms in total. The summed E-state index contributed by atoms with van der Waals surface area (Å²) in [7, 11) is 0. The van der Waals surface area contributed by atoms with E-state index in [2.05, 4.69) is 0 Å². The summed E-state index contributed by atoms with van der Waals surface area (Å²) in [5, 5.41) is 0. The molecule has 1 aromatic rings. The average Bonchev–Trinajstić information content (AvgIpc) is 2.85. The third kappa shape index (κ3) is 2.70. The van der Waals surface area contributed by atoms with Gasteiger partial charge in [0.15, 0.2) is 0 Å². The number of carbonyl (C=O) groups is 1. The van der Waals surface area contributed by atoms with E-state index in [4.69, 9.17) is 5.73 Å². The van der Waals surface area contributed by atoms with Gasteiger partial charge in [0.25, 0.3) is 0 Å². The smallest absolute Gasteiger partial charge is 0.229 e. The summed E-state index contributed by atoms with van der Waals surface area (Å²) >= 11 is 0. The Kier molecular flexibility index (Phi) is 3.97. The number of carbonyl (C=O) groups excluding carboxylic acids is 1. The van der Waals surface area contributed by atoms with Crippen LogP contribution in [0.25, 0.3) is 0 Å². The summed E-state index contributed by atoms with van der Waals surface area (Å²) in [4.78, 5) is 14.1. The number of benzene rings is 1. The van der Waals surface area contributed by atoms with Crippen molar-refractivity contribution in [3.8, 4) is 0 Å². The number of amides is 1. The van der Waals surface area contributed by atoms with Crippen LogP contribution in [0.15, 0.2) is 24.3 Å². The fourth-order valence-electron chi connectivity index (χ4n) is 2.42. The lowest BCUT2D eigenvalue weighted by molar-refractivity contribution is -0.131. The van der Waals surface area contributed by atoms with Crippen molar-refractivity contribution in [1.29, 1.82) is 0 Å². The highest BCUT2D eigenvalue weighted by atomic mass is 19.1. The summed E-state index contributed by atoms with van der Waals surface area (Å²) in [5.74, 6) is -0.115. The number of nitrogens with zero attached hydrogens (tertiary/aromatic N) is 1. The molecule has 0 spiro atoms.